The molecule has 0 saturated carbocycles. The number of aryl methyl sites for hydroxylation is 1. The maximum Gasteiger partial charge on any atom is 0.209 e. The first-order valence-corrected chi connectivity index (χ1v) is 5.72. The van der Waals surface area contributed by atoms with Crippen molar-refractivity contribution in [1.29, 1.82) is 0 Å². The summed E-state index contributed by atoms with van der Waals surface area (Å²) in [7, 11) is -3.13. The van der Waals surface area contributed by atoms with Gasteiger partial charge < -0.3 is 9.52 Å². The summed E-state index contributed by atoms with van der Waals surface area (Å²) in [5, 5.41) is 8.75. The van der Waals surface area contributed by atoms with Crippen LogP contribution in [0.2, 0.25) is 0 Å². The third-order valence-electron chi connectivity index (χ3n) is 1.47. The molecule has 0 amide bonds. The Bertz CT molecular complexity index is 393. The number of aliphatic hydroxyl groups is 1. The highest BCUT2D eigenvalue weighted by atomic mass is 32.2. The van der Waals surface area contributed by atoms with Gasteiger partial charge >= 0.3 is 0 Å². The van der Waals surface area contributed by atoms with Gasteiger partial charge in [-0.05, 0) is 6.92 Å². The van der Waals surface area contributed by atoms with Crippen molar-refractivity contribution in [2.45, 2.75) is 19.3 Å². The maximum absolute atomic E-state index is 10.8. The number of rotatable bonds is 3. The fourth-order valence-corrected chi connectivity index (χ4v) is 1.49. The molecule has 0 saturated heterocycles. The van der Waals surface area contributed by atoms with Crippen LogP contribution in [0.4, 0.5) is 0 Å². The van der Waals surface area contributed by atoms with Crippen LogP contribution in [-0.4, -0.2) is 24.8 Å². The van der Waals surface area contributed by atoms with Crippen molar-refractivity contribution in [3.05, 3.63) is 17.3 Å². The van der Waals surface area contributed by atoms with Crippen LogP contribution in [0.15, 0.2) is 4.42 Å². The summed E-state index contributed by atoms with van der Waals surface area (Å²) in [4.78, 5) is 3.86. The van der Waals surface area contributed by atoms with E-state index in [2.05, 4.69) is 4.98 Å². The molecule has 13 heavy (non-hydrogen) atoms. The molecule has 0 aliphatic rings. The van der Waals surface area contributed by atoms with Crippen LogP contribution in [0.1, 0.15) is 17.3 Å². The molecule has 0 aliphatic carbocycles. The first-order valence-electron chi connectivity index (χ1n) is 3.66. The standard InChI is InChI=1S/C7H11NO4S/c1-5-6(3-9)12-7(8-5)4-13(2,10)11/h9H,3-4H2,1-2H3. The first-order chi connectivity index (χ1) is 5.92. The zero-order valence-electron chi connectivity index (χ0n) is 7.44. The highest BCUT2D eigenvalue weighted by Crippen LogP contribution is 2.11. The Morgan fingerprint density at radius 2 is 2.15 bits per heavy atom. The minimum absolute atomic E-state index is 0.129. The molecular weight excluding hydrogens is 194 g/mol. The average molecular weight is 205 g/mol. The van der Waals surface area contributed by atoms with E-state index in [0.29, 0.717) is 11.5 Å². The molecule has 0 bridgehead atoms. The second-order valence-corrected chi connectivity index (χ2v) is 4.98. The molecular formula is C7H11NO4S. The summed E-state index contributed by atoms with van der Waals surface area (Å²) < 4.78 is 26.7. The Labute approximate surface area is 76.3 Å². The lowest BCUT2D eigenvalue weighted by molar-refractivity contribution is 0.243. The van der Waals surface area contributed by atoms with E-state index in [0.717, 1.165) is 6.26 Å². The van der Waals surface area contributed by atoms with Crippen molar-refractivity contribution in [3.63, 3.8) is 0 Å². The van der Waals surface area contributed by atoms with Crippen molar-refractivity contribution in [2.75, 3.05) is 6.26 Å². The van der Waals surface area contributed by atoms with E-state index in [1.165, 1.54) is 0 Å². The topological polar surface area (TPSA) is 80.4 Å². The molecule has 1 aromatic heterocycles. The van der Waals surface area contributed by atoms with Crippen LogP contribution in [0.5, 0.6) is 0 Å². The summed E-state index contributed by atoms with van der Waals surface area (Å²) in [6.45, 7) is 1.39. The summed E-state index contributed by atoms with van der Waals surface area (Å²) in [5.74, 6) is 0.219. The number of nitrogens with zero attached hydrogens (tertiary/aromatic N) is 1. The van der Waals surface area contributed by atoms with E-state index in [4.69, 9.17) is 9.52 Å². The van der Waals surface area contributed by atoms with Gasteiger partial charge in [0.25, 0.3) is 0 Å². The van der Waals surface area contributed by atoms with Crippen LogP contribution in [0.3, 0.4) is 0 Å². The molecule has 0 spiro atoms. The number of sulfone groups is 1. The molecule has 1 aromatic rings. The Kier molecular flexibility index (Phi) is 2.72. The van der Waals surface area contributed by atoms with Gasteiger partial charge in [-0.3, -0.25) is 0 Å². The number of hydrogen-bond acceptors (Lipinski definition) is 5. The lowest BCUT2D eigenvalue weighted by atomic mass is 10.4. The molecule has 0 aliphatic heterocycles. The van der Waals surface area contributed by atoms with Crippen molar-refractivity contribution >= 4 is 9.84 Å². The fourth-order valence-electron chi connectivity index (χ4n) is 0.921. The minimum atomic E-state index is -3.13. The molecule has 0 fully saturated rings. The Hall–Kier alpha value is -0.880. The van der Waals surface area contributed by atoms with Gasteiger partial charge in [-0.15, -0.1) is 0 Å². The van der Waals surface area contributed by atoms with Crippen molar-refractivity contribution in [2.24, 2.45) is 0 Å². The lowest BCUT2D eigenvalue weighted by Crippen LogP contribution is -2.00. The fraction of sp³-hybridized carbons (Fsp3) is 0.571. The van der Waals surface area contributed by atoms with E-state index in [-0.39, 0.29) is 18.3 Å². The third kappa shape index (κ3) is 2.82. The molecule has 74 valence electrons. The van der Waals surface area contributed by atoms with Gasteiger partial charge in [0.2, 0.25) is 5.89 Å². The largest absolute Gasteiger partial charge is 0.442 e. The Morgan fingerprint density at radius 3 is 2.54 bits per heavy atom. The molecule has 0 atom stereocenters. The molecule has 1 N–H and O–H groups in total. The summed E-state index contributed by atoms with van der Waals surface area (Å²) >= 11 is 0. The monoisotopic (exact) mass is 205 g/mol. The van der Waals surface area contributed by atoms with Crippen LogP contribution in [0, 0.1) is 6.92 Å². The van der Waals surface area contributed by atoms with Gasteiger partial charge in [0.05, 0.1) is 5.69 Å². The van der Waals surface area contributed by atoms with Crippen LogP contribution < -0.4 is 0 Å². The van der Waals surface area contributed by atoms with E-state index in [1.54, 1.807) is 6.92 Å². The van der Waals surface area contributed by atoms with Gasteiger partial charge in [-0.25, -0.2) is 13.4 Å². The van der Waals surface area contributed by atoms with Gasteiger partial charge in [0.1, 0.15) is 12.4 Å². The van der Waals surface area contributed by atoms with Gasteiger partial charge in [0.15, 0.2) is 15.6 Å². The molecule has 5 nitrogen and oxygen atoms in total. The SMILES string of the molecule is Cc1nc(CS(C)(=O)=O)oc1CO. The third-order valence-corrected chi connectivity index (χ3v) is 2.24. The quantitative estimate of drug-likeness (QED) is 0.752. The lowest BCUT2D eigenvalue weighted by Gasteiger charge is -1.90. The summed E-state index contributed by atoms with van der Waals surface area (Å²) in [6.07, 6.45) is 1.10. The smallest absolute Gasteiger partial charge is 0.209 e. The van der Waals surface area contributed by atoms with Crippen LogP contribution in [-0.2, 0) is 22.2 Å². The first kappa shape index (κ1) is 10.2. The van der Waals surface area contributed by atoms with E-state index < -0.39 is 9.84 Å². The number of aliphatic hydroxyl groups excluding tert-OH is 1. The normalized spacial score (nSPS) is 11.9. The van der Waals surface area contributed by atoms with E-state index >= 15 is 0 Å². The second-order valence-electron chi connectivity index (χ2n) is 2.84. The minimum Gasteiger partial charge on any atom is -0.442 e. The van der Waals surface area contributed by atoms with Crippen molar-refractivity contribution < 1.29 is 17.9 Å². The van der Waals surface area contributed by atoms with Crippen LogP contribution in [0.25, 0.3) is 0 Å². The molecule has 0 radical (unpaired) electrons. The Morgan fingerprint density at radius 1 is 1.54 bits per heavy atom. The highest BCUT2D eigenvalue weighted by molar-refractivity contribution is 7.89. The number of hydrogen-bond donors (Lipinski definition) is 1. The summed E-state index contributed by atoms with van der Waals surface area (Å²) in [5.41, 5.74) is 0.529. The van der Waals surface area contributed by atoms with E-state index in [1.807, 2.05) is 0 Å². The maximum atomic E-state index is 10.8. The predicted octanol–water partition coefficient (Wildman–Crippen LogP) is 0.0199. The van der Waals surface area contributed by atoms with Crippen LogP contribution >= 0.6 is 0 Å². The number of aromatic nitrogens is 1. The number of oxazole rings is 1. The zero-order chi connectivity index (χ0) is 10.1. The zero-order valence-corrected chi connectivity index (χ0v) is 8.26. The molecule has 1 heterocycles. The van der Waals surface area contributed by atoms with Gasteiger partial charge in [-0.1, -0.05) is 0 Å². The Balaban J connectivity index is 2.92. The molecule has 1 rings (SSSR count). The van der Waals surface area contributed by atoms with E-state index in [9.17, 15) is 8.42 Å². The molecule has 0 aromatic carbocycles. The summed E-state index contributed by atoms with van der Waals surface area (Å²) in [6, 6.07) is 0. The molecule has 6 heteroatoms. The average Bonchev–Trinajstić information content (AvgIpc) is 2.26. The molecule has 0 unspecified atom stereocenters. The van der Waals surface area contributed by atoms with Gasteiger partial charge in [-0.2, -0.15) is 0 Å². The highest BCUT2D eigenvalue weighted by Gasteiger charge is 2.13. The predicted molar refractivity (Wildman–Crippen MR) is 45.7 cm³/mol. The van der Waals surface area contributed by atoms with Gasteiger partial charge in [0, 0.05) is 6.26 Å². The van der Waals surface area contributed by atoms with Crippen molar-refractivity contribution in [1.82, 2.24) is 4.98 Å². The van der Waals surface area contributed by atoms with Crippen molar-refractivity contribution in [3.8, 4) is 0 Å². The second kappa shape index (κ2) is 3.47.